The highest BCUT2D eigenvalue weighted by Crippen LogP contribution is 2.40. The summed E-state index contributed by atoms with van der Waals surface area (Å²) in [6.45, 7) is 5.56. The van der Waals surface area contributed by atoms with Crippen LogP contribution in [0.4, 0.5) is 0 Å². The topological polar surface area (TPSA) is 108 Å². The molecule has 0 atom stereocenters. The van der Waals surface area contributed by atoms with Crippen LogP contribution in [0.5, 0.6) is 0 Å². The average Bonchev–Trinajstić information content (AvgIpc) is 3.15. The predicted molar refractivity (Wildman–Crippen MR) is 94.2 cm³/mol. The quantitative estimate of drug-likeness (QED) is 0.843. The van der Waals surface area contributed by atoms with E-state index in [-0.39, 0.29) is 5.91 Å². The van der Waals surface area contributed by atoms with Crippen LogP contribution in [0.3, 0.4) is 0 Å². The Bertz CT molecular complexity index is 763. The second-order valence-electron chi connectivity index (χ2n) is 7.96. The van der Waals surface area contributed by atoms with Gasteiger partial charge in [-0.1, -0.05) is 0 Å². The maximum atomic E-state index is 12.4. The molecule has 0 radical (unpaired) electrons. The van der Waals surface area contributed by atoms with Crippen molar-refractivity contribution in [1.82, 2.24) is 34.4 Å². The lowest BCUT2D eigenvalue weighted by Gasteiger charge is -2.35. The van der Waals surface area contributed by atoms with Crippen LogP contribution in [0, 0.1) is 0 Å². The zero-order chi connectivity index (χ0) is 18.3. The van der Waals surface area contributed by atoms with Crippen molar-refractivity contribution in [3.8, 4) is 0 Å². The van der Waals surface area contributed by atoms with E-state index in [1.54, 1.807) is 24.9 Å². The van der Waals surface area contributed by atoms with Crippen LogP contribution in [0.25, 0.3) is 0 Å². The molecule has 2 aliphatic rings. The van der Waals surface area contributed by atoms with Crippen LogP contribution < -0.4 is 5.73 Å². The lowest BCUT2D eigenvalue weighted by Crippen LogP contribution is -2.53. The van der Waals surface area contributed by atoms with Crippen LogP contribution in [0.1, 0.15) is 63.1 Å². The minimum Gasteiger partial charge on any atom is -0.341 e. The second-order valence-corrected chi connectivity index (χ2v) is 7.96. The largest absolute Gasteiger partial charge is 0.341 e. The van der Waals surface area contributed by atoms with E-state index < -0.39 is 5.54 Å². The van der Waals surface area contributed by atoms with Gasteiger partial charge in [0.15, 0.2) is 5.82 Å². The number of nitrogens with zero attached hydrogens (tertiary/aromatic N) is 7. The molecule has 4 rings (SSSR count). The number of carbonyl (C=O) groups excluding carboxylic acids is 1. The molecule has 0 spiro atoms. The lowest BCUT2D eigenvalue weighted by atomic mass is 9.94. The maximum Gasteiger partial charge on any atom is 0.242 e. The fourth-order valence-electron chi connectivity index (χ4n) is 3.66. The summed E-state index contributed by atoms with van der Waals surface area (Å²) in [4.78, 5) is 18.3. The van der Waals surface area contributed by atoms with Crippen molar-refractivity contribution in [1.29, 1.82) is 0 Å². The molecule has 26 heavy (non-hydrogen) atoms. The third-order valence-corrected chi connectivity index (χ3v) is 5.17. The third-order valence-electron chi connectivity index (χ3n) is 5.17. The van der Waals surface area contributed by atoms with Crippen molar-refractivity contribution in [2.45, 2.75) is 63.6 Å². The summed E-state index contributed by atoms with van der Waals surface area (Å²) < 4.78 is 4.08. The Morgan fingerprint density at radius 2 is 1.96 bits per heavy atom. The Hall–Kier alpha value is -2.29. The van der Waals surface area contributed by atoms with Crippen molar-refractivity contribution in [3.05, 3.63) is 24.3 Å². The Kier molecular flexibility index (Phi) is 4.26. The molecule has 0 unspecified atom stereocenters. The highest BCUT2D eigenvalue weighted by Gasteiger charge is 2.36. The van der Waals surface area contributed by atoms with Gasteiger partial charge in [0.2, 0.25) is 5.91 Å². The van der Waals surface area contributed by atoms with Crippen molar-refractivity contribution < 1.29 is 4.79 Å². The van der Waals surface area contributed by atoms with Crippen molar-refractivity contribution >= 4 is 5.91 Å². The zero-order valence-electron chi connectivity index (χ0n) is 15.4. The molecular formula is C17H26N8O. The van der Waals surface area contributed by atoms with E-state index in [1.807, 2.05) is 4.90 Å². The van der Waals surface area contributed by atoms with Gasteiger partial charge in [-0.15, -0.1) is 10.2 Å². The van der Waals surface area contributed by atoms with E-state index in [4.69, 9.17) is 5.73 Å². The van der Waals surface area contributed by atoms with Gasteiger partial charge >= 0.3 is 0 Å². The summed E-state index contributed by atoms with van der Waals surface area (Å²) >= 11 is 0. The fourth-order valence-corrected chi connectivity index (χ4v) is 3.66. The molecule has 2 aromatic rings. The van der Waals surface area contributed by atoms with Gasteiger partial charge < -0.3 is 15.2 Å². The van der Waals surface area contributed by atoms with Gasteiger partial charge in [0, 0.05) is 25.0 Å². The summed E-state index contributed by atoms with van der Waals surface area (Å²) in [6, 6.07) is 0.501. The smallest absolute Gasteiger partial charge is 0.242 e. The molecule has 0 bridgehead atoms. The summed E-state index contributed by atoms with van der Waals surface area (Å²) in [5, 5.41) is 13.1. The number of aromatic nitrogens is 6. The molecule has 2 aromatic heterocycles. The first-order valence-electron chi connectivity index (χ1n) is 9.28. The molecule has 9 heteroatoms. The summed E-state index contributed by atoms with van der Waals surface area (Å²) in [7, 11) is 0. The van der Waals surface area contributed by atoms with Gasteiger partial charge in [0.05, 0.1) is 5.54 Å². The fraction of sp³-hybridized carbons (Fsp3) is 0.706. The minimum atomic E-state index is -0.814. The molecule has 1 aliphatic carbocycles. The number of amides is 1. The molecule has 1 saturated carbocycles. The van der Waals surface area contributed by atoms with Crippen LogP contribution in [0.15, 0.2) is 12.7 Å². The van der Waals surface area contributed by atoms with E-state index in [0.717, 1.165) is 37.6 Å². The predicted octanol–water partition coefficient (Wildman–Crippen LogP) is 0.696. The molecule has 9 nitrogen and oxygen atoms in total. The Morgan fingerprint density at radius 3 is 2.54 bits per heavy atom. The summed E-state index contributed by atoms with van der Waals surface area (Å²) in [5.41, 5.74) is 5.15. The molecule has 140 valence electrons. The van der Waals surface area contributed by atoms with E-state index in [2.05, 4.69) is 24.8 Å². The second kappa shape index (κ2) is 6.46. The van der Waals surface area contributed by atoms with E-state index >= 15 is 0 Å². The van der Waals surface area contributed by atoms with Crippen molar-refractivity contribution in [2.75, 3.05) is 13.1 Å². The van der Waals surface area contributed by atoms with Crippen LogP contribution in [-0.4, -0.2) is 59.0 Å². The van der Waals surface area contributed by atoms with Crippen LogP contribution in [0.2, 0.25) is 0 Å². The van der Waals surface area contributed by atoms with Gasteiger partial charge in [-0.2, -0.15) is 5.10 Å². The Balaban J connectivity index is 1.49. The lowest BCUT2D eigenvalue weighted by molar-refractivity contribution is -0.136. The number of likely N-dealkylation sites (tertiary alicyclic amines) is 1. The Morgan fingerprint density at radius 1 is 1.23 bits per heavy atom. The first-order chi connectivity index (χ1) is 12.4. The zero-order valence-corrected chi connectivity index (χ0v) is 15.4. The standard InChI is InChI=1S/C17H26N8O/c1-17(2,18)16(26)23-7-5-12(6-8-23)15-22-21-14(25(15)13-3-4-13)9-24-11-19-10-20-24/h10-13H,3-9,18H2,1-2H3. The number of hydrogen-bond acceptors (Lipinski definition) is 6. The summed E-state index contributed by atoms with van der Waals surface area (Å²) in [6.07, 6.45) is 7.38. The molecular weight excluding hydrogens is 332 g/mol. The first kappa shape index (κ1) is 17.1. The average molecular weight is 358 g/mol. The van der Waals surface area contributed by atoms with Gasteiger partial charge in [-0.05, 0) is 39.5 Å². The van der Waals surface area contributed by atoms with Gasteiger partial charge in [-0.25, -0.2) is 9.67 Å². The molecule has 0 aromatic carbocycles. The van der Waals surface area contributed by atoms with Gasteiger partial charge in [0.25, 0.3) is 0 Å². The number of piperidine rings is 1. The number of hydrogen-bond donors (Lipinski definition) is 1. The highest BCUT2D eigenvalue weighted by atomic mass is 16.2. The van der Waals surface area contributed by atoms with Crippen LogP contribution >= 0.6 is 0 Å². The highest BCUT2D eigenvalue weighted by molar-refractivity contribution is 5.85. The first-order valence-corrected chi connectivity index (χ1v) is 9.28. The van der Waals surface area contributed by atoms with E-state index in [1.165, 1.54) is 19.2 Å². The number of carbonyl (C=O) groups is 1. The van der Waals surface area contributed by atoms with Crippen LogP contribution in [-0.2, 0) is 11.3 Å². The number of rotatable bonds is 5. The number of nitrogens with two attached hydrogens (primary N) is 1. The van der Waals surface area contributed by atoms with Gasteiger partial charge in [0.1, 0.15) is 25.0 Å². The Labute approximate surface area is 152 Å². The van der Waals surface area contributed by atoms with E-state index in [0.29, 0.717) is 18.5 Å². The molecule has 2 N–H and O–H groups in total. The molecule has 1 amide bonds. The summed E-state index contributed by atoms with van der Waals surface area (Å²) in [5.74, 6) is 2.35. The van der Waals surface area contributed by atoms with Crippen molar-refractivity contribution in [2.24, 2.45) is 5.73 Å². The molecule has 2 fully saturated rings. The maximum absolute atomic E-state index is 12.4. The monoisotopic (exact) mass is 358 g/mol. The van der Waals surface area contributed by atoms with E-state index in [9.17, 15) is 4.79 Å². The normalized spacial score (nSPS) is 19.1. The molecule has 3 heterocycles. The van der Waals surface area contributed by atoms with Gasteiger partial charge in [-0.3, -0.25) is 4.79 Å². The van der Waals surface area contributed by atoms with Crippen molar-refractivity contribution in [3.63, 3.8) is 0 Å². The molecule has 1 saturated heterocycles. The minimum absolute atomic E-state index is 0.0199. The molecule has 1 aliphatic heterocycles. The SMILES string of the molecule is CC(C)(N)C(=O)N1CCC(c2nnc(Cn3cncn3)n2C2CC2)CC1. The third kappa shape index (κ3) is 3.35.